The van der Waals surface area contributed by atoms with Crippen LogP contribution in [-0.2, 0) is 14.3 Å². The van der Waals surface area contributed by atoms with Gasteiger partial charge in [0.25, 0.3) is 0 Å². The second-order valence-electron chi connectivity index (χ2n) is 5.10. The minimum atomic E-state index is -0.233. The van der Waals surface area contributed by atoms with Crippen LogP contribution in [0.1, 0.15) is 39.0 Å². The Morgan fingerprint density at radius 2 is 2.00 bits per heavy atom. The first-order valence-corrected chi connectivity index (χ1v) is 6.76. The van der Waals surface area contributed by atoms with E-state index in [0.717, 1.165) is 58.4 Å². The molecule has 98 valence electrons. The summed E-state index contributed by atoms with van der Waals surface area (Å²) >= 11 is 0. The fourth-order valence-electron chi connectivity index (χ4n) is 2.68. The second-order valence-corrected chi connectivity index (χ2v) is 5.10. The molecule has 2 saturated heterocycles. The van der Waals surface area contributed by atoms with Crippen LogP contribution in [0.5, 0.6) is 0 Å². The zero-order chi connectivity index (χ0) is 12.1. The first kappa shape index (κ1) is 12.8. The van der Waals surface area contributed by atoms with Crippen LogP contribution in [0.3, 0.4) is 0 Å². The number of carbonyl (C=O) groups excluding carboxylic acids is 1. The fraction of sp³-hybridized carbons (Fsp3) is 0.923. The molecule has 17 heavy (non-hydrogen) atoms. The van der Waals surface area contributed by atoms with Gasteiger partial charge in [-0.15, -0.1) is 0 Å². The zero-order valence-electron chi connectivity index (χ0n) is 10.7. The highest BCUT2D eigenvalue weighted by Gasteiger charge is 2.40. The lowest BCUT2D eigenvalue weighted by atomic mass is 9.76. The highest BCUT2D eigenvalue weighted by Crippen LogP contribution is 2.34. The molecule has 0 aromatic heterocycles. The topological polar surface area (TPSA) is 47.6 Å². The Hall–Kier alpha value is -0.610. The number of rotatable bonds is 3. The summed E-state index contributed by atoms with van der Waals surface area (Å²) in [5, 5.41) is 3.30. The molecule has 2 aliphatic heterocycles. The molecule has 2 rings (SSSR count). The molecule has 2 heterocycles. The minimum Gasteiger partial charge on any atom is -0.462 e. The van der Waals surface area contributed by atoms with Crippen molar-refractivity contribution in [2.24, 2.45) is 5.41 Å². The van der Waals surface area contributed by atoms with E-state index in [1.54, 1.807) is 0 Å². The van der Waals surface area contributed by atoms with Crippen LogP contribution in [-0.4, -0.2) is 38.4 Å². The van der Waals surface area contributed by atoms with Gasteiger partial charge in [-0.25, -0.2) is 0 Å². The largest absolute Gasteiger partial charge is 0.462 e. The molecule has 0 spiro atoms. The Labute approximate surface area is 103 Å². The summed E-state index contributed by atoms with van der Waals surface area (Å²) in [4.78, 5) is 12.3. The molecule has 4 heteroatoms. The van der Waals surface area contributed by atoms with Gasteiger partial charge in [0.15, 0.2) is 0 Å². The van der Waals surface area contributed by atoms with Crippen LogP contribution in [0.25, 0.3) is 0 Å². The minimum absolute atomic E-state index is 0.0217. The summed E-state index contributed by atoms with van der Waals surface area (Å²) in [6.07, 6.45) is 4.48. The van der Waals surface area contributed by atoms with Gasteiger partial charge in [-0.3, -0.25) is 4.79 Å². The zero-order valence-corrected chi connectivity index (χ0v) is 10.7. The van der Waals surface area contributed by atoms with Crippen molar-refractivity contribution in [3.05, 3.63) is 0 Å². The van der Waals surface area contributed by atoms with E-state index < -0.39 is 0 Å². The SMILES string of the molecule is CCC1(C(=O)OC2CCOCC2)CCNCC1. The standard InChI is InChI=1S/C13H23NO3/c1-2-13(5-7-14-8-6-13)12(15)17-11-3-9-16-10-4-11/h11,14H,2-10H2,1H3. The number of nitrogens with one attached hydrogen (secondary N) is 1. The molecule has 0 unspecified atom stereocenters. The highest BCUT2D eigenvalue weighted by molar-refractivity contribution is 5.77. The fourth-order valence-corrected chi connectivity index (χ4v) is 2.68. The van der Waals surface area contributed by atoms with Gasteiger partial charge in [0, 0.05) is 12.8 Å². The number of piperidine rings is 1. The molecule has 0 aliphatic carbocycles. The number of ether oxygens (including phenoxy) is 2. The Bertz CT molecular complexity index is 255. The summed E-state index contributed by atoms with van der Waals surface area (Å²) in [7, 11) is 0. The van der Waals surface area contributed by atoms with Crippen molar-refractivity contribution in [3.63, 3.8) is 0 Å². The monoisotopic (exact) mass is 241 g/mol. The first-order valence-electron chi connectivity index (χ1n) is 6.76. The normalized spacial score (nSPS) is 25.5. The van der Waals surface area contributed by atoms with E-state index in [2.05, 4.69) is 12.2 Å². The van der Waals surface area contributed by atoms with E-state index in [0.29, 0.717) is 0 Å². The van der Waals surface area contributed by atoms with E-state index in [4.69, 9.17) is 9.47 Å². The van der Waals surface area contributed by atoms with Crippen molar-refractivity contribution in [1.29, 1.82) is 0 Å². The van der Waals surface area contributed by atoms with Crippen molar-refractivity contribution < 1.29 is 14.3 Å². The predicted molar refractivity (Wildman–Crippen MR) is 64.8 cm³/mol. The van der Waals surface area contributed by atoms with Crippen molar-refractivity contribution in [1.82, 2.24) is 5.32 Å². The summed E-state index contributed by atoms with van der Waals surface area (Å²) < 4.78 is 11.0. The van der Waals surface area contributed by atoms with Crippen LogP contribution in [0.4, 0.5) is 0 Å². The number of esters is 1. The Balaban J connectivity index is 1.91. The maximum atomic E-state index is 12.3. The van der Waals surface area contributed by atoms with Gasteiger partial charge in [0.05, 0.1) is 18.6 Å². The molecular formula is C13H23NO3. The average Bonchev–Trinajstić information content (AvgIpc) is 2.40. The van der Waals surface area contributed by atoms with Gasteiger partial charge in [0.1, 0.15) is 6.10 Å². The third-order valence-corrected chi connectivity index (χ3v) is 4.11. The quantitative estimate of drug-likeness (QED) is 0.760. The summed E-state index contributed by atoms with van der Waals surface area (Å²) in [6.45, 7) is 5.39. The van der Waals surface area contributed by atoms with Gasteiger partial charge >= 0.3 is 5.97 Å². The number of hydrogen-bond acceptors (Lipinski definition) is 4. The molecule has 2 aliphatic rings. The van der Waals surface area contributed by atoms with Crippen molar-refractivity contribution in [2.75, 3.05) is 26.3 Å². The van der Waals surface area contributed by atoms with E-state index in [-0.39, 0.29) is 17.5 Å². The molecule has 0 amide bonds. The van der Waals surface area contributed by atoms with Crippen LogP contribution in [0.15, 0.2) is 0 Å². The Morgan fingerprint density at radius 3 is 2.59 bits per heavy atom. The van der Waals surface area contributed by atoms with Gasteiger partial charge in [-0.05, 0) is 32.4 Å². The molecule has 0 aromatic carbocycles. The van der Waals surface area contributed by atoms with Crippen LogP contribution >= 0.6 is 0 Å². The van der Waals surface area contributed by atoms with Crippen molar-refractivity contribution in [3.8, 4) is 0 Å². The lowest BCUT2D eigenvalue weighted by Gasteiger charge is -2.36. The van der Waals surface area contributed by atoms with Gasteiger partial charge in [0.2, 0.25) is 0 Å². The summed E-state index contributed by atoms with van der Waals surface area (Å²) in [5.74, 6) is 0.0217. The van der Waals surface area contributed by atoms with Gasteiger partial charge in [-0.1, -0.05) is 6.92 Å². The third-order valence-electron chi connectivity index (χ3n) is 4.11. The first-order chi connectivity index (χ1) is 8.27. The molecule has 0 saturated carbocycles. The molecule has 0 atom stereocenters. The number of hydrogen-bond donors (Lipinski definition) is 1. The predicted octanol–water partition coefficient (Wildman–Crippen LogP) is 1.49. The summed E-state index contributed by atoms with van der Waals surface area (Å²) in [6, 6.07) is 0. The molecule has 0 aromatic rings. The van der Waals surface area contributed by atoms with Crippen LogP contribution in [0.2, 0.25) is 0 Å². The smallest absolute Gasteiger partial charge is 0.312 e. The maximum absolute atomic E-state index is 12.3. The van der Waals surface area contributed by atoms with E-state index in [1.165, 1.54) is 0 Å². The maximum Gasteiger partial charge on any atom is 0.312 e. The molecule has 1 N–H and O–H groups in total. The molecule has 4 nitrogen and oxygen atoms in total. The van der Waals surface area contributed by atoms with Gasteiger partial charge in [-0.2, -0.15) is 0 Å². The number of carbonyl (C=O) groups is 1. The second kappa shape index (κ2) is 5.83. The molecule has 0 bridgehead atoms. The Morgan fingerprint density at radius 1 is 1.35 bits per heavy atom. The third kappa shape index (κ3) is 2.99. The molecular weight excluding hydrogens is 218 g/mol. The van der Waals surface area contributed by atoms with E-state index in [1.807, 2.05) is 0 Å². The van der Waals surface area contributed by atoms with Crippen LogP contribution < -0.4 is 5.32 Å². The molecule has 0 radical (unpaired) electrons. The van der Waals surface area contributed by atoms with Gasteiger partial charge < -0.3 is 14.8 Å². The lowest BCUT2D eigenvalue weighted by Crippen LogP contribution is -2.44. The Kier molecular flexibility index (Phi) is 4.40. The van der Waals surface area contributed by atoms with Crippen molar-refractivity contribution in [2.45, 2.75) is 45.1 Å². The molecule has 2 fully saturated rings. The van der Waals surface area contributed by atoms with Crippen molar-refractivity contribution >= 4 is 5.97 Å². The van der Waals surface area contributed by atoms with Crippen LogP contribution in [0, 0.1) is 5.41 Å². The van der Waals surface area contributed by atoms with E-state index in [9.17, 15) is 4.79 Å². The van der Waals surface area contributed by atoms with E-state index >= 15 is 0 Å². The lowest BCUT2D eigenvalue weighted by molar-refractivity contribution is -0.167. The average molecular weight is 241 g/mol. The highest BCUT2D eigenvalue weighted by atomic mass is 16.6. The summed E-state index contributed by atoms with van der Waals surface area (Å²) in [5.41, 5.74) is -0.233.